The monoisotopic (exact) mass is 420 g/mol. The van der Waals surface area contributed by atoms with Crippen LogP contribution in [0.3, 0.4) is 0 Å². The number of aromatic nitrogens is 4. The molecule has 1 aliphatic rings. The van der Waals surface area contributed by atoms with Crippen molar-refractivity contribution in [1.82, 2.24) is 19.8 Å². The number of hydrogen-bond donors (Lipinski definition) is 0. The van der Waals surface area contributed by atoms with Crippen molar-refractivity contribution < 1.29 is 9.47 Å². The minimum Gasteiger partial charge on any atom is -0.485 e. The van der Waals surface area contributed by atoms with Crippen LogP contribution in [0.4, 0.5) is 0 Å². The molecule has 4 aromatic rings. The fraction of sp³-hybridized carbons (Fsp3) is 0.348. The van der Waals surface area contributed by atoms with E-state index in [9.17, 15) is 0 Å². The zero-order valence-electron chi connectivity index (χ0n) is 17.3. The highest BCUT2D eigenvalue weighted by Crippen LogP contribution is 2.36. The van der Waals surface area contributed by atoms with Crippen molar-refractivity contribution in [3.05, 3.63) is 70.5 Å². The molecule has 30 heavy (non-hydrogen) atoms. The molecule has 1 aliphatic heterocycles. The van der Waals surface area contributed by atoms with E-state index in [2.05, 4.69) is 55.2 Å². The lowest BCUT2D eigenvalue weighted by Crippen LogP contribution is -2.23. The quantitative estimate of drug-likeness (QED) is 0.452. The van der Waals surface area contributed by atoms with E-state index >= 15 is 0 Å². The van der Waals surface area contributed by atoms with Crippen LogP contribution in [0.2, 0.25) is 0 Å². The Hall–Kier alpha value is -2.93. The molecule has 0 aliphatic carbocycles. The van der Waals surface area contributed by atoms with Gasteiger partial charge in [0.25, 0.3) is 0 Å². The van der Waals surface area contributed by atoms with Crippen LogP contribution in [0.5, 0.6) is 11.5 Å². The van der Waals surface area contributed by atoms with Crippen molar-refractivity contribution in [2.24, 2.45) is 5.92 Å². The third kappa shape index (κ3) is 3.54. The van der Waals surface area contributed by atoms with Gasteiger partial charge in [0, 0.05) is 5.92 Å². The Morgan fingerprint density at radius 2 is 1.80 bits per heavy atom. The van der Waals surface area contributed by atoms with E-state index in [1.807, 2.05) is 24.3 Å². The van der Waals surface area contributed by atoms with Crippen LogP contribution >= 0.6 is 11.3 Å². The summed E-state index contributed by atoms with van der Waals surface area (Å²) in [7, 11) is 0. The molecule has 2 atom stereocenters. The third-order valence-electron chi connectivity index (χ3n) is 5.32. The van der Waals surface area contributed by atoms with Crippen LogP contribution in [0.25, 0.3) is 4.96 Å². The molecule has 0 N–H and O–H groups in total. The lowest BCUT2D eigenvalue weighted by atomic mass is 9.97. The summed E-state index contributed by atoms with van der Waals surface area (Å²) in [4.78, 5) is 0.769. The molecule has 2 unspecified atom stereocenters. The smallest absolute Gasteiger partial charge is 0.234 e. The molecule has 154 valence electrons. The highest BCUT2D eigenvalue weighted by molar-refractivity contribution is 7.16. The molecule has 0 saturated heterocycles. The summed E-state index contributed by atoms with van der Waals surface area (Å²) in [5, 5.41) is 14.5. The van der Waals surface area contributed by atoms with Gasteiger partial charge >= 0.3 is 0 Å². The summed E-state index contributed by atoms with van der Waals surface area (Å²) in [5.41, 5.74) is 2.62. The average molecular weight is 421 g/mol. The van der Waals surface area contributed by atoms with E-state index in [0.29, 0.717) is 18.3 Å². The fourth-order valence-electron chi connectivity index (χ4n) is 3.73. The molecular formula is C23H24N4O2S. The Balaban J connectivity index is 1.39. The van der Waals surface area contributed by atoms with Crippen LogP contribution in [0.15, 0.2) is 48.5 Å². The van der Waals surface area contributed by atoms with E-state index < -0.39 is 0 Å². The van der Waals surface area contributed by atoms with Gasteiger partial charge in [-0.2, -0.15) is 9.61 Å². The number of nitrogens with zero attached hydrogens (tertiary/aromatic N) is 4. The molecule has 0 fully saturated rings. The summed E-state index contributed by atoms with van der Waals surface area (Å²) in [6.07, 6.45) is 0.761. The Morgan fingerprint density at radius 3 is 2.57 bits per heavy atom. The first-order valence-corrected chi connectivity index (χ1v) is 11.1. The molecule has 6 nitrogen and oxygen atoms in total. The summed E-state index contributed by atoms with van der Waals surface area (Å²) >= 11 is 1.57. The zero-order chi connectivity index (χ0) is 20.7. The largest absolute Gasteiger partial charge is 0.485 e. The van der Waals surface area contributed by atoms with Gasteiger partial charge in [0.1, 0.15) is 11.6 Å². The van der Waals surface area contributed by atoms with Gasteiger partial charge in [0.2, 0.25) is 4.96 Å². The molecule has 3 heterocycles. The van der Waals surface area contributed by atoms with E-state index in [-0.39, 0.29) is 12.0 Å². The number of para-hydroxylation sites is 2. The van der Waals surface area contributed by atoms with Crippen molar-refractivity contribution >= 4 is 16.3 Å². The molecule has 0 saturated carbocycles. The number of hydrogen-bond acceptors (Lipinski definition) is 6. The minimum atomic E-state index is -0.338. The lowest BCUT2D eigenvalue weighted by molar-refractivity contribution is 0.0836. The van der Waals surface area contributed by atoms with Gasteiger partial charge < -0.3 is 9.47 Å². The van der Waals surface area contributed by atoms with Crippen LogP contribution in [0.1, 0.15) is 54.8 Å². The second-order valence-electron chi connectivity index (χ2n) is 8.12. The average Bonchev–Trinajstić information content (AvgIpc) is 3.34. The Morgan fingerprint density at radius 1 is 1.03 bits per heavy atom. The maximum atomic E-state index is 6.10. The van der Waals surface area contributed by atoms with Gasteiger partial charge in [-0.15, -0.1) is 10.2 Å². The second-order valence-corrected chi connectivity index (χ2v) is 9.11. The molecule has 0 radical (unpaired) electrons. The first-order chi connectivity index (χ1) is 14.6. The van der Waals surface area contributed by atoms with Crippen molar-refractivity contribution in [1.29, 1.82) is 0 Å². The molecule has 2 aromatic carbocycles. The van der Waals surface area contributed by atoms with Gasteiger partial charge in [-0.3, -0.25) is 0 Å². The SMILES string of the molecule is CC(C)Cc1ccc(C(C)c2nn3c(C4COc5ccccc5O4)nnc3s2)cc1. The van der Waals surface area contributed by atoms with E-state index in [0.717, 1.165) is 27.9 Å². The number of fused-ring (bicyclic) bond motifs is 2. The minimum absolute atomic E-state index is 0.182. The first-order valence-electron chi connectivity index (χ1n) is 10.3. The van der Waals surface area contributed by atoms with Crippen LogP contribution in [-0.4, -0.2) is 26.4 Å². The number of rotatable bonds is 5. The molecule has 0 amide bonds. The predicted molar refractivity (Wildman–Crippen MR) is 116 cm³/mol. The van der Waals surface area contributed by atoms with Crippen LogP contribution in [0, 0.1) is 5.92 Å². The first kappa shape index (κ1) is 19.1. The normalized spacial score (nSPS) is 16.9. The van der Waals surface area contributed by atoms with Gasteiger partial charge in [0.05, 0.1) is 0 Å². The molecule has 0 bridgehead atoms. The Kier molecular flexibility index (Phi) is 4.90. The van der Waals surface area contributed by atoms with Crippen molar-refractivity contribution in [3.8, 4) is 11.5 Å². The van der Waals surface area contributed by atoms with Gasteiger partial charge in [-0.25, -0.2) is 0 Å². The molecule has 5 rings (SSSR count). The van der Waals surface area contributed by atoms with Gasteiger partial charge in [-0.1, -0.05) is 68.5 Å². The lowest BCUT2D eigenvalue weighted by Gasteiger charge is -2.24. The van der Waals surface area contributed by atoms with Crippen LogP contribution in [-0.2, 0) is 6.42 Å². The molecule has 7 heteroatoms. The maximum Gasteiger partial charge on any atom is 0.234 e. The summed E-state index contributed by atoms with van der Waals surface area (Å²) in [5.74, 6) is 2.98. The number of ether oxygens (including phenoxy) is 2. The zero-order valence-corrected chi connectivity index (χ0v) is 18.1. The van der Waals surface area contributed by atoms with E-state index in [1.165, 1.54) is 11.1 Å². The Labute approximate surface area is 179 Å². The van der Waals surface area contributed by atoms with Crippen LogP contribution < -0.4 is 9.47 Å². The maximum absolute atomic E-state index is 6.10. The van der Waals surface area contributed by atoms with Crippen molar-refractivity contribution in [2.45, 2.75) is 39.2 Å². The summed E-state index contributed by atoms with van der Waals surface area (Å²) in [6, 6.07) is 16.5. The molecule has 0 spiro atoms. The van der Waals surface area contributed by atoms with Crippen molar-refractivity contribution in [3.63, 3.8) is 0 Å². The predicted octanol–water partition coefficient (Wildman–Crippen LogP) is 5.05. The summed E-state index contributed by atoms with van der Waals surface area (Å²) in [6.45, 7) is 7.05. The second kappa shape index (κ2) is 7.72. The standard InChI is InChI=1S/C23H24N4O2S/c1-14(2)12-16-8-10-17(11-9-16)15(3)22-26-27-21(24-25-23(27)30-22)20-13-28-18-6-4-5-7-19(18)29-20/h4-11,14-15,20H,12-13H2,1-3H3. The number of benzene rings is 2. The highest BCUT2D eigenvalue weighted by Gasteiger charge is 2.28. The van der Waals surface area contributed by atoms with Crippen molar-refractivity contribution in [2.75, 3.05) is 6.61 Å². The molecule has 2 aromatic heterocycles. The summed E-state index contributed by atoms with van der Waals surface area (Å²) < 4.78 is 13.7. The van der Waals surface area contributed by atoms with Gasteiger partial charge in [-0.05, 0) is 35.6 Å². The highest BCUT2D eigenvalue weighted by atomic mass is 32.1. The Bertz CT molecular complexity index is 1170. The topological polar surface area (TPSA) is 61.5 Å². The fourth-order valence-corrected chi connectivity index (χ4v) is 4.65. The third-order valence-corrected chi connectivity index (χ3v) is 6.40. The van der Waals surface area contributed by atoms with E-state index in [4.69, 9.17) is 14.6 Å². The van der Waals surface area contributed by atoms with E-state index in [1.54, 1.807) is 15.9 Å². The molecular weight excluding hydrogens is 396 g/mol. The van der Waals surface area contributed by atoms with Gasteiger partial charge in [0.15, 0.2) is 23.4 Å².